The molecule has 2 N–H and O–H groups in total. The first-order valence-corrected chi connectivity index (χ1v) is 7.90. The first-order chi connectivity index (χ1) is 12.0. The van der Waals surface area contributed by atoms with Crippen LogP contribution in [-0.2, 0) is 11.4 Å². The molecule has 1 amide bonds. The Bertz CT molecular complexity index is 818. The number of ether oxygens (including phenoxy) is 2. The summed E-state index contributed by atoms with van der Waals surface area (Å²) < 4.78 is 11.5. The fourth-order valence-electron chi connectivity index (χ4n) is 2.17. The van der Waals surface area contributed by atoms with Gasteiger partial charge in [0.2, 0.25) is 0 Å². The molecule has 0 bridgehead atoms. The van der Waals surface area contributed by atoms with Gasteiger partial charge in [0.15, 0.2) is 11.5 Å². The van der Waals surface area contributed by atoms with Crippen molar-refractivity contribution in [3.05, 3.63) is 64.7 Å². The second-order valence-electron chi connectivity index (χ2n) is 5.45. The van der Waals surface area contributed by atoms with Crippen LogP contribution in [0.15, 0.2) is 48.0 Å². The van der Waals surface area contributed by atoms with Gasteiger partial charge in [-0.05, 0) is 43.2 Å². The Labute approximate surface area is 147 Å². The zero-order chi connectivity index (χ0) is 18.2. The van der Waals surface area contributed by atoms with Gasteiger partial charge in [-0.15, -0.1) is 0 Å². The highest BCUT2D eigenvalue weighted by molar-refractivity contribution is 6.00. The maximum absolute atomic E-state index is 11.2. The minimum Gasteiger partial charge on any atom is -0.490 e. The van der Waals surface area contributed by atoms with Crippen molar-refractivity contribution >= 4 is 12.0 Å². The van der Waals surface area contributed by atoms with Gasteiger partial charge in [-0.1, -0.05) is 35.9 Å². The molecule has 0 atom stereocenters. The molecule has 5 nitrogen and oxygen atoms in total. The summed E-state index contributed by atoms with van der Waals surface area (Å²) in [5.74, 6) is 0.377. The number of nitrogens with zero attached hydrogens (tertiary/aromatic N) is 1. The van der Waals surface area contributed by atoms with Crippen molar-refractivity contribution in [2.24, 2.45) is 5.73 Å². The quantitative estimate of drug-likeness (QED) is 0.620. The fraction of sp³-hybridized carbons (Fsp3) is 0.200. The Kier molecular flexibility index (Phi) is 6.19. The highest BCUT2D eigenvalue weighted by Gasteiger charge is 2.09. The van der Waals surface area contributed by atoms with Gasteiger partial charge in [0.05, 0.1) is 6.61 Å². The van der Waals surface area contributed by atoms with E-state index in [2.05, 4.69) is 0 Å². The lowest BCUT2D eigenvalue weighted by atomic mass is 10.1. The Morgan fingerprint density at radius 1 is 1.16 bits per heavy atom. The Hall–Kier alpha value is -3.26. The molecule has 0 heterocycles. The summed E-state index contributed by atoms with van der Waals surface area (Å²) >= 11 is 0. The van der Waals surface area contributed by atoms with Crippen molar-refractivity contribution in [3.63, 3.8) is 0 Å². The largest absolute Gasteiger partial charge is 0.490 e. The van der Waals surface area contributed by atoms with Crippen molar-refractivity contribution in [2.75, 3.05) is 6.61 Å². The predicted molar refractivity (Wildman–Crippen MR) is 95.9 cm³/mol. The van der Waals surface area contributed by atoms with Crippen LogP contribution in [0.3, 0.4) is 0 Å². The van der Waals surface area contributed by atoms with Crippen LogP contribution in [0, 0.1) is 18.3 Å². The van der Waals surface area contributed by atoms with Gasteiger partial charge >= 0.3 is 0 Å². The normalized spacial score (nSPS) is 10.8. The molecule has 0 aliphatic rings. The molecule has 0 unspecified atom stereocenters. The number of nitrogens with two attached hydrogens (primary N) is 1. The molecule has 128 valence electrons. The number of amides is 1. The third-order valence-electron chi connectivity index (χ3n) is 3.48. The number of primary amides is 1. The van der Waals surface area contributed by atoms with Gasteiger partial charge in [0, 0.05) is 0 Å². The minimum atomic E-state index is -0.764. The number of carbonyl (C=O) groups is 1. The molecule has 0 aliphatic carbocycles. The number of carbonyl (C=O) groups excluding carboxylic acids is 1. The number of hydrogen-bond acceptors (Lipinski definition) is 4. The van der Waals surface area contributed by atoms with Crippen LogP contribution < -0.4 is 15.2 Å². The zero-order valence-electron chi connectivity index (χ0n) is 14.3. The van der Waals surface area contributed by atoms with Crippen LogP contribution in [0.2, 0.25) is 0 Å². The highest BCUT2D eigenvalue weighted by atomic mass is 16.5. The molecule has 0 spiro atoms. The summed E-state index contributed by atoms with van der Waals surface area (Å²) in [6, 6.07) is 15.1. The minimum absolute atomic E-state index is 0.115. The third-order valence-corrected chi connectivity index (χ3v) is 3.48. The summed E-state index contributed by atoms with van der Waals surface area (Å²) in [6.07, 6.45) is 1.43. The van der Waals surface area contributed by atoms with Gasteiger partial charge in [0.25, 0.3) is 5.91 Å². The van der Waals surface area contributed by atoms with E-state index in [1.807, 2.05) is 38.1 Å². The van der Waals surface area contributed by atoms with E-state index in [9.17, 15) is 4.79 Å². The number of hydrogen-bond donors (Lipinski definition) is 1. The molecular weight excluding hydrogens is 316 g/mol. The lowest BCUT2D eigenvalue weighted by Crippen LogP contribution is -2.12. The van der Waals surface area contributed by atoms with E-state index in [1.165, 1.54) is 11.6 Å². The average molecular weight is 336 g/mol. The number of nitriles is 1. The molecule has 0 saturated carbocycles. The second kappa shape index (κ2) is 8.55. The molecule has 0 fully saturated rings. The smallest absolute Gasteiger partial charge is 0.259 e. The molecule has 0 aliphatic heterocycles. The molecule has 0 saturated heterocycles. The molecule has 2 rings (SSSR count). The number of aryl methyl sites for hydroxylation is 1. The predicted octanol–water partition coefficient (Wildman–Crippen LogP) is 3.37. The Balaban J connectivity index is 2.22. The first kappa shape index (κ1) is 18.1. The van der Waals surface area contributed by atoms with E-state index < -0.39 is 5.91 Å². The van der Waals surface area contributed by atoms with Crippen LogP contribution in [0.1, 0.15) is 23.6 Å². The molecule has 25 heavy (non-hydrogen) atoms. The Morgan fingerprint density at radius 2 is 1.88 bits per heavy atom. The maximum Gasteiger partial charge on any atom is 0.259 e. The highest BCUT2D eigenvalue weighted by Crippen LogP contribution is 2.30. The topological polar surface area (TPSA) is 85.3 Å². The van der Waals surface area contributed by atoms with E-state index in [-0.39, 0.29) is 5.57 Å². The van der Waals surface area contributed by atoms with Crippen LogP contribution in [0.25, 0.3) is 6.08 Å². The summed E-state index contributed by atoms with van der Waals surface area (Å²) in [6.45, 7) is 4.79. The average Bonchev–Trinajstić information content (AvgIpc) is 2.60. The van der Waals surface area contributed by atoms with E-state index in [4.69, 9.17) is 20.5 Å². The molecular formula is C20H20N2O3. The van der Waals surface area contributed by atoms with Crippen LogP contribution in [0.5, 0.6) is 11.5 Å². The van der Waals surface area contributed by atoms with E-state index in [1.54, 1.807) is 24.3 Å². The van der Waals surface area contributed by atoms with E-state index in [0.29, 0.717) is 30.3 Å². The summed E-state index contributed by atoms with van der Waals surface area (Å²) in [5, 5.41) is 8.94. The van der Waals surface area contributed by atoms with Gasteiger partial charge in [-0.2, -0.15) is 5.26 Å². The van der Waals surface area contributed by atoms with Crippen LogP contribution in [-0.4, -0.2) is 12.5 Å². The van der Waals surface area contributed by atoms with Crippen molar-refractivity contribution < 1.29 is 14.3 Å². The summed E-state index contributed by atoms with van der Waals surface area (Å²) in [7, 11) is 0. The lowest BCUT2D eigenvalue weighted by Gasteiger charge is -2.13. The third kappa shape index (κ3) is 5.11. The molecule has 0 aromatic heterocycles. The first-order valence-electron chi connectivity index (χ1n) is 7.90. The molecule has 5 heteroatoms. The van der Waals surface area contributed by atoms with E-state index in [0.717, 1.165) is 5.56 Å². The number of benzene rings is 2. The van der Waals surface area contributed by atoms with Gasteiger partial charge in [-0.3, -0.25) is 4.79 Å². The zero-order valence-corrected chi connectivity index (χ0v) is 14.3. The van der Waals surface area contributed by atoms with Crippen LogP contribution in [0.4, 0.5) is 0 Å². The maximum atomic E-state index is 11.2. The van der Waals surface area contributed by atoms with Gasteiger partial charge in [-0.25, -0.2) is 0 Å². The van der Waals surface area contributed by atoms with Crippen molar-refractivity contribution in [1.82, 2.24) is 0 Å². The monoisotopic (exact) mass is 336 g/mol. The summed E-state index contributed by atoms with van der Waals surface area (Å²) in [4.78, 5) is 11.2. The SMILES string of the molecule is CCOc1cc(/C=C(\C#N)C(N)=O)ccc1OCc1ccc(C)cc1. The van der Waals surface area contributed by atoms with Crippen LogP contribution >= 0.6 is 0 Å². The molecule has 2 aromatic carbocycles. The van der Waals surface area contributed by atoms with E-state index >= 15 is 0 Å². The van der Waals surface area contributed by atoms with Gasteiger partial charge < -0.3 is 15.2 Å². The summed E-state index contributed by atoms with van der Waals surface area (Å²) in [5.41, 5.74) is 7.93. The van der Waals surface area contributed by atoms with Crippen molar-refractivity contribution in [3.8, 4) is 17.6 Å². The van der Waals surface area contributed by atoms with Gasteiger partial charge in [0.1, 0.15) is 18.2 Å². The van der Waals surface area contributed by atoms with Crippen molar-refractivity contribution in [2.45, 2.75) is 20.5 Å². The lowest BCUT2D eigenvalue weighted by molar-refractivity contribution is -0.114. The Morgan fingerprint density at radius 3 is 2.48 bits per heavy atom. The standard InChI is InChI=1S/C20H20N2O3/c1-3-24-19-11-16(10-17(12-21)20(22)23)8-9-18(19)25-13-15-6-4-14(2)5-7-15/h4-11H,3,13H2,1-2H3,(H2,22,23)/b17-10+. The van der Waals surface area contributed by atoms with Crippen molar-refractivity contribution in [1.29, 1.82) is 5.26 Å². The molecule has 2 aromatic rings. The number of rotatable bonds is 7. The molecule has 0 radical (unpaired) electrons. The second-order valence-corrected chi connectivity index (χ2v) is 5.45. The fourth-order valence-corrected chi connectivity index (χ4v) is 2.17.